The van der Waals surface area contributed by atoms with E-state index in [2.05, 4.69) is 69.1 Å². The van der Waals surface area contributed by atoms with E-state index in [9.17, 15) is 0 Å². The summed E-state index contributed by atoms with van der Waals surface area (Å²) in [4.78, 5) is 9.51. The van der Waals surface area contributed by atoms with E-state index in [1.54, 1.807) is 0 Å². The summed E-state index contributed by atoms with van der Waals surface area (Å²) in [7, 11) is 1.91. The first-order valence-electron chi connectivity index (χ1n) is 10.2. The smallest absolute Gasteiger partial charge is 0.193 e. The third kappa shape index (κ3) is 6.78. The minimum absolute atomic E-state index is 0. The molecular formula is C21H35IN4OS. The van der Waals surface area contributed by atoms with E-state index in [0.717, 1.165) is 77.0 Å². The van der Waals surface area contributed by atoms with Gasteiger partial charge in [0.1, 0.15) is 0 Å². The molecule has 2 fully saturated rings. The predicted molar refractivity (Wildman–Crippen MR) is 131 cm³/mol. The Morgan fingerprint density at radius 2 is 1.82 bits per heavy atom. The molecule has 0 radical (unpaired) electrons. The Morgan fingerprint density at radius 3 is 2.43 bits per heavy atom. The van der Waals surface area contributed by atoms with E-state index in [4.69, 9.17) is 4.74 Å². The zero-order chi connectivity index (χ0) is 19.0. The molecule has 0 aliphatic carbocycles. The number of hydrogen-bond donors (Lipinski definition) is 1. The molecule has 0 amide bonds. The summed E-state index contributed by atoms with van der Waals surface area (Å²) in [6.07, 6.45) is 2.25. The van der Waals surface area contributed by atoms with Crippen LogP contribution in [0.4, 0.5) is 0 Å². The molecule has 2 aliphatic rings. The number of ether oxygens (including phenoxy) is 1. The molecule has 1 N–H and O–H groups in total. The Morgan fingerprint density at radius 1 is 1.14 bits per heavy atom. The Labute approximate surface area is 191 Å². The molecule has 0 unspecified atom stereocenters. The lowest BCUT2D eigenvalue weighted by atomic mass is 9.99. The second kappa shape index (κ2) is 12.2. The van der Waals surface area contributed by atoms with Gasteiger partial charge in [-0.2, -0.15) is 11.8 Å². The number of thioether (sulfide) groups is 1. The van der Waals surface area contributed by atoms with E-state index in [1.807, 2.05) is 7.05 Å². The van der Waals surface area contributed by atoms with E-state index in [-0.39, 0.29) is 28.7 Å². The maximum absolute atomic E-state index is 5.59. The zero-order valence-corrected chi connectivity index (χ0v) is 20.4. The van der Waals surface area contributed by atoms with Crippen LogP contribution >= 0.6 is 35.7 Å². The third-order valence-electron chi connectivity index (χ3n) is 5.56. The summed E-state index contributed by atoms with van der Waals surface area (Å²) in [5, 5.41) is 3.68. The lowest BCUT2D eigenvalue weighted by Crippen LogP contribution is -2.54. The largest absolute Gasteiger partial charge is 0.381 e. The van der Waals surface area contributed by atoms with E-state index in [0.29, 0.717) is 0 Å². The minimum atomic E-state index is 0. The Bertz CT molecular complexity index is 582. The van der Waals surface area contributed by atoms with Crippen LogP contribution in [0.5, 0.6) is 0 Å². The summed E-state index contributed by atoms with van der Waals surface area (Å²) in [6.45, 7) is 10.3. The second-order valence-electron chi connectivity index (χ2n) is 7.38. The zero-order valence-electron chi connectivity index (χ0n) is 17.2. The number of nitrogens with zero attached hydrogens (tertiary/aromatic N) is 3. The van der Waals surface area contributed by atoms with Crippen LogP contribution in [0.15, 0.2) is 35.3 Å². The fourth-order valence-electron chi connectivity index (χ4n) is 3.95. The summed E-state index contributed by atoms with van der Waals surface area (Å²) in [6, 6.07) is 10.8. The van der Waals surface area contributed by atoms with Gasteiger partial charge in [-0.25, -0.2) is 0 Å². The maximum atomic E-state index is 5.59. The molecule has 2 saturated heterocycles. The molecule has 7 heteroatoms. The van der Waals surface area contributed by atoms with E-state index in [1.165, 1.54) is 5.56 Å². The van der Waals surface area contributed by atoms with Crippen molar-refractivity contribution in [3.63, 3.8) is 0 Å². The van der Waals surface area contributed by atoms with Gasteiger partial charge in [0.25, 0.3) is 0 Å². The first-order chi connectivity index (χ1) is 13.2. The van der Waals surface area contributed by atoms with E-state index >= 15 is 0 Å². The van der Waals surface area contributed by atoms with Crippen molar-refractivity contribution in [3.05, 3.63) is 35.9 Å². The van der Waals surface area contributed by atoms with Crippen LogP contribution in [0.2, 0.25) is 0 Å². The van der Waals surface area contributed by atoms with Gasteiger partial charge >= 0.3 is 0 Å². The summed E-state index contributed by atoms with van der Waals surface area (Å²) in [5.41, 5.74) is 1.39. The molecule has 0 saturated carbocycles. The summed E-state index contributed by atoms with van der Waals surface area (Å²) >= 11 is 2.08. The molecule has 1 aromatic rings. The Kier molecular flexibility index (Phi) is 10.4. The fourth-order valence-corrected chi connectivity index (χ4v) is 5.20. The number of hydrogen-bond acceptors (Lipinski definition) is 4. The highest BCUT2D eigenvalue weighted by atomic mass is 127. The van der Waals surface area contributed by atoms with Crippen molar-refractivity contribution >= 4 is 41.7 Å². The van der Waals surface area contributed by atoms with Gasteiger partial charge in [-0.15, -0.1) is 24.0 Å². The van der Waals surface area contributed by atoms with Gasteiger partial charge in [0, 0.05) is 64.3 Å². The predicted octanol–water partition coefficient (Wildman–Crippen LogP) is 3.30. The monoisotopic (exact) mass is 518 g/mol. The highest BCUT2D eigenvalue weighted by molar-refractivity contribution is 14.0. The van der Waals surface area contributed by atoms with Gasteiger partial charge in [-0.1, -0.05) is 37.3 Å². The SMILES string of the molecule is CCSC1(CNC(=NC)N2CCN(Cc3ccccc3)CC2)CCOCC1.I. The van der Waals surface area contributed by atoms with Crippen molar-refractivity contribution in [2.24, 2.45) is 4.99 Å². The van der Waals surface area contributed by atoms with Gasteiger partial charge in [-0.05, 0) is 24.2 Å². The minimum Gasteiger partial charge on any atom is -0.381 e. The average Bonchev–Trinajstić information content (AvgIpc) is 2.71. The molecule has 5 nitrogen and oxygen atoms in total. The van der Waals surface area contributed by atoms with Crippen LogP contribution in [-0.2, 0) is 11.3 Å². The molecule has 158 valence electrons. The van der Waals surface area contributed by atoms with Crippen LogP contribution in [0.25, 0.3) is 0 Å². The lowest BCUT2D eigenvalue weighted by molar-refractivity contribution is 0.0779. The molecule has 0 atom stereocenters. The number of guanidine groups is 1. The molecular weight excluding hydrogens is 483 g/mol. The van der Waals surface area contributed by atoms with Crippen molar-refractivity contribution in [1.82, 2.24) is 15.1 Å². The number of rotatable bonds is 6. The first kappa shape index (κ1) is 23.8. The first-order valence-corrected chi connectivity index (χ1v) is 11.2. The number of nitrogens with one attached hydrogen (secondary N) is 1. The standard InChI is InChI=1S/C21H34N4OS.HI/c1-3-27-21(9-15-26-16-10-21)18-23-20(22-2)25-13-11-24(12-14-25)17-19-7-5-4-6-8-19;/h4-8H,3,9-18H2,1-2H3,(H,22,23);1H. The van der Waals surface area contributed by atoms with Gasteiger partial charge in [-0.3, -0.25) is 9.89 Å². The molecule has 2 heterocycles. The Hall–Kier alpha value is -0.510. The highest BCUT2D eigenvalue weighted by Gasteiger charge is 2.33. The van der Waals surface area contributed by atoms with Gasteiger partial charge in [0.05, 0.1) is 0 Å². The molecule has 0 spiro atoms. The number of piperazine rings is 1. The molecule has 0 bridgehead atoms. The van der Waals surface area contributed by atoms with E-state index < -0.39 is 0 Å². The Balaban J connectivity index is 0.00000280. The van der Waals surface area contributed by atoms with Crippen molar-refractivity contribution in [2.75, 3.05) is 58.7 Å². The van der Waals surface area contributed by atoms with Crippen LogP contribution in [0.3, 0.4) is 0 Å². The van der Waals surface area contributed by atoms with Crippen molar-refractivity contribution in [1.29, 1.82) is 0 Å². The van der Waals surface area contributed by atoms with Crippen LogP contribution < -0.4 is 5.32 Å². The van der Waals surface area contributed by atoms with Gasteiger partial charge < -0.3 is 15.0 Å². The molecule has 0 aromatic heterocycles. The molecule has 2 aliphatic heterocycles. The van der Waals surface area contributed by atoms with Gasteiger partial charge in [0.15, 0.2) is 5.96 Å². The van der Waals surface area contributed by atoms with Crippen molar-refractivity contribution in [2.45, 2.75) is 31.1 Å². The average molecular weight is 519 g/mol. The van der Waals surface area contributed by atoms with Gasteiger partial charge in [0.2, 0.25) is 0 Å². The third-order valence-corrected chi connectivity index (χ3v) is 7.01. The van der Waals surface area contributed by atoms with Crippen LogP contribution in [-0.4, -0.2) is 79.2 Å². The van der Waals surface area contributed by atoms with Crippen LogP contribution in [0, 0.1) is 0 Å². The molecule has 3 rings (SSSR count). The second-order valence-corrected chi connectivity index (χ2v) is 9.11. The number of aliphatic imine (C=N–C) groups is 1. The van der Waals surface area contributed by atoms with Crippen molar-refractivity contribution < 1.29 is 4.74 Å². The fraction of sp³-hybridized carbons (Fsp3) is 0.667. The highest BCUT2D eigenvalue weighted by Crippen LogP contribution is 2.34. The molecule has 1 aromatic carbocycles. The lowest BCUT2D eigenvalue weighted by Gasteiger charge is -2.40. The topological polar surface area (TPSA) is 40.1 Å². The molecule has 28 heavy (non-hydrogen) atoms. The summed E-state index contributed by atoms with van der Waals surface area (Å²) in [5.74, 6) is 2.20. The maximum Gasteiger partial charge on any atom is 0.193 e. The normalized spacial score (nSPS) is 20.5. The van der Waals surface area contributed by atoms with Crippen LogP contribution in [0.1, 0.15) is 25.3 Å². The number of halogens is 1. The number of benzene rings is 1. The summed E-state index contributed by atoms with van der Waals surface area (Å²) < 4.78 is 5.88. The quantitative estimate of drug-likeness (QED) is 0.356. The van der Waals surface area contributed by atoms with Crippen molar-refractivity contribution in [3.8, 4) is 0 Å².